The fraction of sp³-hybridized carbons (Fsp3) is 1.00. The van der Waals surface area contributed by atoms with Gasteiger partial charge in [0.05, 0.1) is 6.10 Å². The van der Waals surface area contributed by atoms with E-state index >= 15 is 0 Å². The molecule has 0 aromatic rings. The minimum atomic E-state index is 0.531. The summed E-state index contributed by atoms with van der Waals surface area (Å²) >= 11 is 0. The highest BCUT2D eigenvalue weighted by molar-refractivity contribution is 4.74. The summed E-state index contributed by atoms with van der Waals surface area (Å²) in [5.74, 6) is 1.62. The van der Waals surface area contributed by atoms with Gasteiger partial charge >= 0.3 is 0 Å². The highest BCUT2D eigenvalue weighted by Gasteiger charge is 2.25. The van der Waals surface area contributed by atoms with Gasteiger partial charge in [0.15, 0.2) is 0 Å². The van der Waals surface area contributed by atoms with Crippen LogP contribution in [0.3, 0.4) is 0 Å². The fourth-order valence-electron chi connectivity index (χ4n) is 1.68. The molecule has 0 N–H and O–H groups in total. The van der Waals surface area contributed by atoms with Gasteiger partial charge in [-0.25, -0.2) is 0 Å². The van der Waals surface area contributed by atoms with E-state index in [2.05, 4.69) is 20.8 Å². The molecule has 1 saturated heterocycles. The van der Waals surface area contributed by atoms with Gasteiger partial charge in [-0.2, -0.15) is 0 Å². The first-order valence-corrected chi connectivity index (χ1v) is 4.37. The zero-order chi connectivity index (χ0) is 7.56. The predicted molar refractivity (Wildman–Crippen MR) is 43.0 cm³/mol. The largest absolute Gasteiger partial charge is 0.378 e. The van der Waals surface area contributed by atoms with Crippen molar-refractivity contribution >= 4 is 0 Å². The van der Waals surface area contributed by atoms with E-state index in [1.807, 2.05) is 0 Å². The molecule has 3 atom stereocenters. The van der Waals surface area contributed by atoms with Gasteiger partial charge in [-0.3, -0.25) is 0 Å². The average Bonchev–Trinajstić information content (AvgIpc) is 1.95. The Morgan fingerprint density at radius 2 is 2.10 bits per heavy atom. The Balaban J connectivity index is 2.42. The molecular weight excluding hydrogens is 124 g/mol. The number of hydrogen-bond acceptors (Lipinski definition) is 1. The average molecular weight is 142 g/mol. The summed E-state index contributed by atoms with van der Waals surface area (Å²) in [6.45, 7) is 7.82. The Morgan fingerprint density at radius 1 is 1.40 bits per heavy atom. The minimum absolute atomic E-state index is 0.531. The van der Waals surface area contributed by atoms with Crippen LogP contribution in [-0.2, 0) is 4.74 Å². The van der Waals surface area contributed by atoms with E-state index in [1.165, 1.54) is 12.8 Å². The predicted octanol–water partition coefficient (Wildman–Crippen LogP) is 2.46. The first-order chi connectivity index (χ1) is 4.75. The Morgan fingerprint density at radius 3 is 2.60 bits per heavy atom. The summed E-state index contributed by atoms with van der Waals surface area (Å²) in [5.41, 5.74) is 0. The Kier molecular flexibility index (Phi) is 2.72. The van der Waals surface area contributed by atoms with Crippen LogP contribution >= 0.6 is 0 Å². The molecule has 0 spiro atoms. The van der Waals surface area contributed by atoms with Crippen LogP contribution in [0.25, 0.3) is 0 Å². The first kappa shape index (κ1) is 8.06. The first-order valence-electron chi connectivity index (χ1n) is 4.37. The molecule has 2 unspecified atom stereocenters. The van der Waals surface area contributed by atoms with E-state index in [0.717, 1.165) is 18.4 Å². The molecule has 1 aliphatic rings. The SMILES string of the molecule is CCC1OCCC(C)[C@@H]1C. The molecule has 0 radical (unpaired) electrons. The van der Waals surface area contributed by atoms with Gasteiger partial charge in [0, 0.05) is 6.61 Å². The third kappa shape index (κ3) is 1.51. The second kappa shape index (κ2) is 3.38. The second-order valence-corrected chi connectivity index (χ2v) is 3.44. The summed E-state index contributed by atoms with van der Waals surface area (Å²) in [6.07, 6.45) is 2.95. The Hall–Kier alpha value is -0.0400. The van der Waals surface area contributed by atoms with Gasteiger partial charge in [-0.1, -0.05) is 20.8 Å². The van der Waals surface area contributed by atoms with Crippen LogP contribution in [0, 0.1) is 11.8 Å². The maximum absolute atomic E-state index is 5.61. The summed E-state index contributed by atoms with van der Waals surface area (Å²) in [4.78, 5) is 0. The molecule has 0 aromatic heterocycles. The molecule has 1 fully saturated rings. The lowest BCUT2D eigenvalue weighted by Gasteiger charge is -2.33. The van der Waals surface area contributed by atoms with Crippen LogP contribution in [0.4, 0.5) is 0 Å². The van der Waals surface area contributed by atoms with E-state index in [-0.39, 0.29) is 0 Å². The summed E-state index contributed by atoms with van der Waals surface area (Å²) < 4.78 is 5.61. The van der Waals surface area contributed by atoms with Gasteiger partial charge in [0.1, 0.15) is 0 Å². The summed E-state index contributed by atoms with van der Waals surface area (Å²) in [6, 6.07) is 0. The van der Waals surface area contributed by atoms with Crippen molar-refractivity contribution < 1.29 is 4.74 Å². The molecule has 0 aromatic carbocycles. The molecule has 1 heteroatoms. The van der Waals surface area contributed by atoms with Crippen molar-refractivity contribution in [3.8, 4) is 0 Å². The molecule has 1 heterocycles. The summed E-state index contributed by atoms with van der Waals surface area (Å²) in [5, 5.41) is 0. The van der Waals surface area contributed by atoms with Crippen LogP contribution in [0.5, 0.6) is 0 Å². The maximum Gasteiger partial charge on any atom is 0.0600 e. The van der Waals surface area contributed by atoms with E-state index in [1.54, 1.807) is 0 Å². The standard InChI is InChI=1S/C9H18O/c1-4-9-8(3)7(2)5-6-10-9/h7-9H,4-6H2,1-3H3/t7?,8-,9?/m0/s1. The number of rotatable bonds is 1. The zero-order valence-corrected chi connectivity index (χ0v) is 7.26. The molecule has 10 heavy (non-hydrogen) atoms. The lowest BCUT2D eigenvalue weighted by atomic mass is 9.85. The fourth-order valence-corrected chi connectivity index (χ4v) is 1.68. The second-order valence-electron chi connectivity index (χ2n) is 3.44. The Labute approximate surface area is 63.8 Å². The van der Waals surface area contributed by atoms with Crippen molar-refractivity contribution in [2.45, 2.75) is 39.7 Å². The molecule has 0 bridgehead atoms. The van der Waals surface area contributed by atoms with Crippen molar-refractivity contribution in [3.05, 3.63) is 0 Å². The van der Waals surface area contributed by atoms with Crippen molar-refractivity contribution in [1.82, 2.24) is 0 Å². The number of hydrogen-bond donors (Lipinski definition) is 0. The normalized spacial score (nSPS) is 41.7. The van der Waals surface area contributed by atoms with Crippen molar-refractivity contribution in [1.29, 1.82) is 0 Å². The molecule has 0 aliphatic carbocycles. The van der Waals surface area contributed by atoms with Gasteiger partial charge in [0.25, 0.3) is 0 Å². The van der Waals surface area contributed by atoms with Gasteiger partial charge in [-0.05, 0) is 24.7 Å². The molecule has 1 aliphatic heterocycles. The van der Waals surface area contributed by atoms with Crippen molar-refractivity contribution in [2.75, 3.05) is 6.61 Å². The van der Waals surface area contributed by atoms with E-state index in [9.17, 15) is 0 Å². The Bertz CT molecular complexity index is 101. The smallest absolute Gasteiger partial charge is 0.0600 e. The van der Waals surface area contributed by atoms with E-state index in [4.69, 9.17) is 4.74 Å². The van der Waals surface area contributed by atoms with Crippen molar-refractivity contribution in [2.24, 2.45) is 11.8 Å². The number of ether oxygens (including phenoxy) is 1. The maximum atomic E-state index is 5.61. The molecule has 0 saturated carbocycles. The zero-order valence-electron chi connectivity index (χ0n) is 7.26. The van der Waals surface area contributed by atoms with Crippen LogP contribution < -0.4 is 0 Å². The van der Waals surface area contributed by atoms with Crippen LogP contribution in [-0.4, -0.2) is 12.7 Å². The topological polar surface area (TPSA) is 9.23 Å². The van der Waals surface area contributed by atoms with Gasteiger partial charge in [0.2, 0.25) is 0 Å². The quantitative estimate of drug-likeness (QED) is 0.546. The highest BCUT2D eigenvalue weighted by Crippen LogP contribution is 2.27. The third-order valence-corrected chi connectivity index (χ3v) is 2.79. The summed E-state index contributed by atoms with van der Waals surface area (Å²) in [7, 11) is 0. The van der Waals surface area contributed by atoms with E-state index in [0.29, 0.717) is 6.10 Å². The lowest BCUT2D eigenvalue weighted by Crippen LogP contribution is -2.32. The molecular formula is C9H18O. The molecule has 60 valence electrons. The molecule has 1 nitrogen and oxygen atoms in total. The highest BCUT2D eigenvalue weighted by atomic mass is 16.5. The third-order valence-electron chi connectivity index (χ3n) is 2.79. The molecule has 1 rings (SSSR count). The lowest BCUT2D eigenvalue weighted by molar-refractivity contribution is -0.0471. The minimum Gasteiger partial charge on any atom is -0.378 e. The van der Waals surface area contributed by atoms with Crippen LogP contribution in [0.15, 0.2) is 0 Å². The molecule has 0 amide bonds. The monoisotopic (exact) mass is 142 g/mol. The van der Waals surface area contributed by atoms with E-state index < -0.39 is 0 Å². The van der Waals surface area contributed by atoms with Crippen LogP contribution in [0.2, 0.25) is 0 Å². The van der Waals surface area contributed by atoms with Gasteiger partial charge < -0.3 is 4.74 Å². The van der Waals surface area contributed by atoms with Crippen LogP contribution in [0.1, 0.15) is 33.6 Å². The van der Waals surface area contributed by atoms with Crippen molar-refractivity contribution in [3.63, 3.8) is 0 Å². The van der Waals surface area contributed by atoms with Gasteiger partial charge in [-0.15, -0.1) is 0 Å².